The molecule has 1 aromatic carbocycles. The van der Waals surface area contributed by atoms with Gasteiger partial charge in [-0.3, -0.25) is 10.1 Å². The third kappa shape index (κ3) is 6.18. The second kappa shape index (κ2) is 8.05. The summed E-state index contributed by atoms with van der Waals surface area (Å²) >= 11 is 11.8. The van der Waals surface area contributed by atoms with Crippen molar-refractivity contribution in [1.29, 1.82) is 0 Å². The van der Waals surface area contributed by atoms with Crippen molar-refractivity contribution in [3.63, 3.8) is 0 Å². The molecule has 0 bridgehead atoms. The summed E-state index contributed by atoms with van der Waals surface area (Å²) in [6.45, 7) is 4.11. The molecule has 0 aliphatic rings. The average Bonchev–Trinajstić information content (AvgIpc) is 2.37. The lowest BCUT2D eigenvalue weighted by atomic mass is 10.3. The van der Waals surface area contributed by atoms with Crippen LogP contribution < -0.4 is 4.74 Å². The van der Waals surface area contributed by atoms with Crippen LogP contribution in [0, 0.1) is 10.1 Å². The maximum atomic E-state index is 12.1. The van der Waals surface area contributed by atoms with Crippen LogP contribution in [0.3, 0.4) is 0 Å². The Morgan fingerprint density at radius 2 is 1.71 bits per heavy atom. The van der Waals surface area contributed by atoms with Crippen LogP contribution in [-0.4, -0.2) is 39.8 Å². The minimum absolute atomic E-state index is 0.0737. The molecule has 0 N–H and O–H groups in total. The van der Waals surface area contributed by atoms with Crippen molar-refractivity contribution in [1.82, 2.24) is 4.90 Å². The highest BCUT2D eigenvalue weighted by Gasteiger charge is 2.20. The lowest BCUT2D eigenvalue weighted by Crippen LogP contribution is -2.40. The molecule has 0 saturated heterocycles. The number of halogens is 2. The maximum Gasteiger partial charge on any atom is 0.415 e. The minimum Gasteiger partial charge on any atom is -0.410 e. The number of rotatable bonds is 6. The Balaban J connectivity index is 2.73. The molecule has 0 unspecified atom stereocenters. The molecule has 1 amide bonds. The van der Waals surface area contributed by atoms with Gasteiger partial charge in [-0.25, -0.2) is 4.79 Å². The van der Waals surface area contributed by atoms with Gasteiger partial charge in [-0.1, -0.05) is 0 Å². The summed E-state index contributed by atoms with van der Waals surface area (Å²) in [5.41, 5.74) is -0.0737. The highest BCUT2D eigenvalue weighted by Crippen LogP contribution is 2.18. The number of ether oxygens (including phenoxy) is 1. The van der Waals surface area contributed by atoms with E-state index in [2.05, 4.69) is 0 Å². The summed E-state index contributed by atoms with van der Waals surface area (Å²) in [5, 5.41) is 10.1. The standard InChI is InChI=1S/C13H16Cl2N2O4/c1-9(14)7-16(8-10(2)15)13(18)21-12-5-3-11(4-6-12)17(19)20/h3-6,9-10H,7-8H2,1-2H3/t9-,10-/m0/s1. The molecule has 6 nitrogen and oxygen atoms in total. The molecule has 116 valence electrons. The summed E-state index contributed by atoms with van der Waals surface area (Å²) in [6.07, 6.45) is -0.594. The molecule has 0 saturated carbocycles. The molecule has 21 heavy (non-hydrogen) atoms. The smallest absolute Gasteiger partial charge is 0.410 e. The fourth-order valence-electron chi connectivity index (χ4n) is 1.63. The zero-order chi connectivity index (χ0) is 16.0. The van der Waals surface area contributed by atoms with Gasteiger partial charge in [-0.2, -0.15) is 0 Å². The molecule has 0 fully saturated rings. The number of carbonyl (C=O) groups is 1. The van der Waals surface area contributed by atoms with Gasteiger partial charge in [0.1, 0.15) is 5.75 Å². The fourth-order valence-corrected chi connectivity index (χ4v) is 1.97. The predicted octanol–water partition coefficient (Wildman–Crippen LogP) is 3.65. The van der Waals surface area contributed by atoms with Crippen molar-refractivity contribution in [2.75, 3.05) is 13.1 Å². The summed E-state index contributed by atoms with van der Waals surface area (Å²) in [5.74, 6) is 0.222. The number of non-ortho nitro benzene ring substituents is 1. The minimum atomic E-state index is -0.594. The fraction of sp³-hybridized carbons (Fsp3) is 0.462. The first-order valence-corrected chi connectivity index (χ1v) is 7.16. The van der Waals surface area contributed by atoms with Crippen LogP contribution in [0.4, 0.5) is 10.5 Å². The largest absolute Gasteiger partial charge is 0.415 e. The van der Waals surface area contributed by atoms with E-state index < -0.39 is 11.0 Å². The van der Waals surface area contributed by atoms with Crippen molar-refractivity contribution in [3.8, 4) is 5.75 Å². The van der Waals surface area contributed by atoms with Crippen LogP contribution in [0.1, 0.15) is 13.8 Å². The summed E-state index contributed by atoms with van der Waals surface area (Å²) < 4.78 is 5.16. The first-order valence-electron chi connectivity index (χ1n) is 6.29. The number of hydrogen-bond donors (Lipinski definition) is 0. The van der Waals surface area contributed by atoms with Gasteiger partial charge in [0.05, 0.1) is 4.92 Å². The lowest BCUT2D eigenvalue weighted by Gasteiger charge is -2.24. The SMILES string of the molecule is C[C@H](Cl)CN(C[C@H](C)Cl)C(=O)Oc1ccc([N+](=O)[O-])cc1. The number of benzene rings is 1. The molecule has 0 aliphatic carbocycles. The monoisotopic (exact) mass is 334 g/mol. The Labute approximate surface area is 132 Å². The topological polar surface area (TPSA) is 72.7 Å². The van der Waals surface area contributed by atoms with Crippen molar-refractivity contribution in [2.24, 2.45) is 0 Å². The Bertz CT molecular complexity index is 481. The number of carbonyl (C=O) groups excluding carboxylic acids is 1. The molecule has 2 atom stereocenters. The van der Waals surface area contributed by atoms with Gasteiger partial charge >= 0.3 is 6.09 Å². The third-order valence-corrected chi connectivity index (χ3v) is 2.73. The molecule has 0 aromatic heterocycles. The van der Waals surface area contributed by atoms with Crippen LogP contribution in [0.15, 0.2) is 24.3 Å². The second-order valence-corrected chi connectivity index (χ2v) is 6.08. The van der Waals surface area contributed by atoms with E-state index in [9.17, 15) is 14.9 Å². The molecule has 0 aliphatic heterocycles. The Morgan fingerprint density at radius 1 is 1.24 bits per heavy atom. The lowest BCUT2D eigenvalue weighted by molar-refractivity contribution is -0.384. The first kappa shape index (κ1) is 17.5. The van der Waals surface area contributed by atoms with Gasteiger partial charge in [-0.15, -0.1) is 23.2 Å². The zero-order valence-corrected chi connectivity index (χ0v) is 13.2. The summed E-state index contributed by atoms with van der Waals surface area (Å²) in [4.78, 5) is 23.5. The Kier molecular flexibility index (Phi) is 6.71. The Hall–Kier alpha value is -1.53. The number of amides is 1. The van der Waals surface area contributed by atoms with Crippen LogP contribution in [0.2, 0.25) is 0 Å². The molecule has 1 rings (SSSR count). The summed E-state index contributed by atoms with van der Waals surface area (Å²) in [6, 6.07) is 5.26. The number of nitro groups is 1. The van der Waals surface area contributed by atoms with Crippen LogP contribution in [0.25, 0.3) is 0 Å². The quantitative estimate of drug-likeness (QED) is 0.452. The van der Waals surface area contributed by atoms with Crippen molar-refractivity contribution < 1.29 is 14.5 Å². The van der Waals surface area contributed by atoms with Gasteiger partial charge in [0.15, 0.2) is 0 Å². The van der Waals surface area contributed by atoms with E-state index in [-0.39, 0.29) is 22.2 Å². The van der Waals surface area contributed by atoms with Crippen LogP contribution in [-0.2, 0) is 0 Å². The zero-order valence-electron chi connectivity index (χ0n) is 11.7. The van der Waals surface area contributed by atoms with E-state index in [4.69, 9.17) is 27.9 Å². The number of alkyl halides is 2. The number of nitrogens with zero attached hydrogens (tertiary/aromatic N) is 2. The van der Waals surface area contributed by atoms with Gasteiger partial charge in [-0.05, 0) is 26.0 Å². The highest BCUT2D eigenvalue weighted by atomic mass is 35.5. The predicted molar refractivity (Wildman–Crippen MR) is 81.3 cm³/mol. The molecule has 8 heteroatoms. The molecular weight excluding hydrogens is 319 g/mol. The van der Waals surface area contributed by atoms with E-state index in [1.165, 1.54) is 29.2 Å². The van der Waals surface area contributed by atoms with Crippen molar-refractivity contribution in [3.05, 3.63) is 34.4 Å². The highest BCUT2D eigenvalue weighted by molar-refractivity contribution is 6.21. The summed E-state index contributed by atoms with van der Waals surface area (Å²) in [7, 11) is 0. The van der Waals surface area contributed by atoms with Gasteiger partial charge in [0.2, 0.25) is 0 Å². The van der Waals surface area contributed by atoms with E-state index in [1.807, 2.05) is 0 Å². The van der Waals surface area contributed by atoms with Crippen molar-refractivity contribution >= 4 is 35.0 Å². The third-order valence-electron chi connectivity index (χ3n) is 2.45. The molecule has 1 aromatic rings. The normalized spacial score (nSPS) is 13.3. The van der Waals surface area contributed by atoms with Gasteiger partial charge in [0.25, 0.3) is 5.69 Å². The molecule has 0 spiro atoms. The Morgan fingerprint density at radius 3 is 2.10 bits per heavy atom. The molecule has 0 radical (unpaired) electrons. The first-order chi connectivity index (χ1) is 9.79. The van der Waals surface area contributed by atoms with E-state index in [0.29, 0.717) is 13.1 Å². The van der Waals surface area contributed by atoms with Gasteiger partial charge in [0, 0.05) is 36.0 Å². The van der Waals surface area contributed by atoms with E-state index in [0.717, 1.165) is 0 Å². The maximum absolute atomic E-state index is 12.1. The van der Waals surface area contributed by atoms with Gasteiger partial charge < -0.3 is 9.64 Å². The van der Waals surface area contributed by atoms with Crippen molar-refractivity contribution in [2.45, 2.75) is 24.6 Å². The van der Waals surface area contributed by atoms with E-state index in [1.54, 1.807) is 13.8 Å². The second-order valence-electron chi connectivity index (χ2n) is 4.59. The number of nitro benzene ring substituents is 1. The molecule has 0 heterocycles. The van der Waals surface area contributed by atoms with Crippen LogP contribution in [0.5, 0.6) is 5.75 Å². The van der Waals surface area contributed by atoms with E-state index >= 15 is 0 Å². The molecular formula is C13H16Cl2N2O4. The number of hydrogen-bond acceptors (Lipinski definition) is 4. The average molecular weight is 335 g/mol. The van der Waals surface area contributed by atoms with Crippen LogP contribution >= 0.6 is 23.2 Å².